The number of benzene rings is 2. The number of halogens is 2. The van der Waals surface area contributed by atoms with Gasteiger partial charge in [0.05, 0.1) is 22.9 Å². The summed E-state index contributed by atoms with van der Waals surface area (Å²) in [5.41, 5.74) is 0.566. The molecule has 11 heteroatoms. The van der Waals surface area contributed by atoms with Gasteiger partial charge in [0.15, 0.2) is 0 Å². The van der Waals surface area contributed by atoms with E-state index in [4.69, 9.17) is 0 Å². The Morgan fingerprint density at radius 1 is 1.06 bits per heavy atom. The number of nitrogens with zero attached hydrogens (tertiary/aromatic N) is 6. The highest BCUT2D eigenvalue weighted by molar-refractivity contribution is 6.32. The number of nitro groups is 1. The number of likely N-dealkylation sites (N-methyl/N-ethyl adjacent to an activating group) is 1. The van der Waals surface area contributed by atoms with E-state index >= 15 is 0 Å². The quantitative estimate of drug-likeness (QED) is 0.394. The molecule has 3 aliphatic heterocycles. The van der Waals surface area contributed by atoms with Gasteiger partial charge in [-0.25, -0.2) is 13.8 Å². The Labute approximate surface area is 193 Å². The van der Waals surface area contributed by atoms with Gasteiger partial charge in [-0.15, -0.1) is 0 Å². The first-order valence-corrected chi connectivity index (χ1v) is 10.7. The highest BCUT2D eigenvalue weighted by Gasteiger charge is 2.37. The largest absolute Gasteiger partial charge is 0.373 e. The Kier molecular flexibility index (Phi) is 5.40. The van der Waals surface area contributed by atoms with E-state index < -0.39 is 16.6 Å². The molecular formula is C23H20F2N6O3. The summed E-state index contributed by atoms with van der Waals surface area (Å²) in [5.74, 6) is -1.67. The number of fused-ring (bicyclic) bond motifs is 3. The smallest absolute Gasteiger partial charge is 0.284 e. The maximum absolute atomic E-state index is 14.7. The van der Waals surface area contributed by atoms with Crippen molar-refractivity contribution in [3.8, 4) is 0 Å². The van der Waals surface area contributed by atoms with Crippen molar-refractivity contribution in [3.63, 3.8) is 0 Å². The second-order valence-electron chi connectivity index (χ2n) is 8.27. The molecular weight excluding hydrogens is 446 g/mol. The molecule has 0 N–H and O–H groups in total. The lowest BCUT2D eigenvalue weighted by Gasteiger charge is -2.31. The first-order chi connectivity index (χ1) is 16.3. The summed E-state index contributed by atoms with van der Waals surface area (Å²) in [5, 5.41) is 11.4. The monoisotopic (exact) mass is 466 g/mol. The molecule has 0 saturated carbocycles. The van der Waals surface area contributed by atoms with Crippen molar-refractivity contribution in [2.45, 2.75) is 0 Å². The number of carbonyl (C=O) groups excluding carboxylic acids is 1. The summed E-state index contributed by atoms with van der Waals surface area (Å²) in [6.07, 6.45) is 1.73. The number of amidine groups is 1. The topological polar surface area (TPSA) is 94.7 Å². The number of hydrogen-bond donors (Lipinski definition) is 0. The fourth-order valence-electron chi connectivity index (χ4n) is 4.20. The molecule has 1 saturated heterocycles. The van der Waals surface area contributed by atoms with Crippen molar-refractivity contribution in [1.29, 1.82) is 0 Å². The SMILES string of the molecule is CN1CCN(C=C2N=C3CN=C(c4ccc(F)cc4F)c4cc([N+](=O)[O-])ccc4N3C2=O)CC1. The third kappa shape index (κ3) is 3.83. The summed E-state index contributed by atoms with van der Waals surface area (Å²) in [7, 11) is 2.03. The maximum atomic E-state index is 14.7. The number of nitro benzene ring substituents is 1. The van der Waals surface area contributed by atoms with Gasteiger partial charge < -0.3 is 9.80 Å². The predicted molar refractivity (Wildman–Crippen MR) is 122 cm³/mol. The van der Waals surface area contributed by atoms with Crippen LogP contribution < -0.4 is 4.90 Å². The number of hydrogen-bond acceptors (Lipinski definition) is 7. The van der Waals surface area contributed by atoms with Crippen LogP contribution in [0.25, 0.3) is 0 Å². The Bertz CT molecular complexity index is 1300. The van der Waals surface area contributed by atoms with Crippen molar-refractivity contribution >= 4 is 28.8 Å². The van der Waals surface area contributed by atoms with Gasteiger partial charge in [0, 0.05) is 61.7 Å². The van der Waals surface area contributed by atoms with Gasteiger partial charge in [-0.05, 0) is 25.2 Å². The van der Waals surface area contributed by atoms with Crippen LogP contribution in [0.15, 0.2) is 58.3 Å². The van der Waals surface area contributed by atoms with E-state index in [9.17, 15) is 23.7 Å². The van der Waals surface area contributed by atoms with E-state index in [-0.39, 0.29) is 40.7 Å². The van der Waals surface area contributed by atoms with Crippen molar-refractivity contribution in [2.24, 2.45) is 9.98 Å². The van der Waals surface area contributed by atoms with Gasteiger partial charge in [-0.3, -0.25) is 24.8 Å². The number of amides is 1. The average Bonchev–Trinajstić information content (AvgIpc) is 3.01. The van der Waals surface area contributed by atoms with Crippen molar-refractivity contribution in [1.82, 2.24) is 9.80 Å². The summed E-state index contributed by atoms with van der Waals surface area (Å²) in [4.78, 5) is 38.7. The van der Waals surface area contributed by atoms with Crippen molar-refractivity contribution < 1.29 is 18.5 Å². The third-order valence-electron chi connectivity index (χ3n) is 6.02. The Balaban J connectivity index is 1.61. The Hall–Kier alpha value is -3.99. The predicted octanol–water partition coefficient (Wildman–Crippen LogP) is 2.56. The molecule has 0 aromatic heterocycles. The van der Waals surface area contributed by atoms with E-state index in [2.05, 4.69) is 14.9 Å². The lowest BCUT2D eigenvalue weighted by atomic mass is 9.99. The highest BCUT2D eigenvalue weighted by Crippen LogP contribution is 2.34. The molecule has 9 nitrogen and oxygen atoms in total. The first-order valence-electron chi connectivity index (χ1n) is 10.7. The molecule has 2 aromatic carbocycles. The molecule has 2 aromatic rings. The zero-order valence-electron chi connectivity index (χ0n) is 18.2. The highest BCUT2D eigenvalue weighted by atomic mass is 19.1. The first kappa shape index (κ1) is 21.8. The Morgan fingerprint density at radius 2 is 1.82 bits per heavy atom. The van der Waals surface area contributed by atoms with Gasteiger partial charge in [-0.2, -0.15) is 0 Å². The average molecular weight is 466 g/mol. The number of anilines is 1. The second kappa shape index (κ2) is 8.41. The van der Waals surface area contributed by atoms with Crippen LogP contribution in [0, 0.1) is 21.7 Å². The summed E-state index contributed by atoms with van der Waals surface area (Å²) < 4.78 is 28.2. The summed E-state index contributed by atoms with van der Waals surface area (Å²) in [6, 6.07) is 6.99. The van der Waals surface area contributed by atoms with Crippen LogP contribution in [-0.4, -0.2) is 71.9 Å². The fraction of sp³-hybridized carbons (Fsp3) is 0.261. The third-order valence-corrected chi connectivity index (χ3v) is 6.02. The molecule has 5 rings (SSSR count). The minimum absolute atomic E-state index is 0.0226. The van der Waals surface area contributed by atoms with E-state index in [1.54, 1.807) is 6.20 Å². The molecule has 0 spiro atoms. The number of rotatable bonds is 3. The van der Waals surface area contributed by atoms with Crippen LogP contribution in [0.2, 0.25) is 0 Å². The minimum atomic E-state index is -0.859. The molecule has 0 bridgehead atoms. The minimum Gasteiger partial charge on any atom is -0.373 e. The molecule has 0 aliphatic carbocycles. The standard InChI is InChI=1S/C23H20F2N6O3/c1-28-6-8-29(9-7-28)13-19-23(32)30-20-5-3-15(31(33)34)11-17(20)22(26-12-21(30)27-19)16-4-2-14(24)10-18(16)25/h2-5,10-11,13H,6-9,12H2,1H3. The molecule has 1 amide bonds. The van der Waals surface area contributed by atoms with E-state index in [0.717, 1.165) is 38.3 Å². The van der Waals surface area contributed by atoms with Gasteiger partial charge in [0.1, 0.15) is 23.2 Å². The number of non-ortho nitro benzene ring substituents is 1. The van der Waals surface area contributed by atoms with Gasteiger partial charge in [0.2, 0.25) is 0 Å². The van der Waals surface area contributed by atoms with Gasteiger partial charge in [0.25, 0.3) is 11.6 Å². The van der Waals surface area contributed by atoms with E-state index in [0.29, 0.717) is 11.5 Å². The summed E-state index contributed by atoms with van der Waals surface area (Å²) >= 11 is 0. The van der Waals surface area contributed by atoms with Crippen LogP contribution in [0.3, 0.4) is 0 Å². The van der Waals surface area contributed by atoms with Crippen molar-refractivity contribution in [2.75, 3.05) is 44.7 Å². The molecule has 34 heavy (non-hydrogen) atoms. The number of piperazine rings is 1. The zero-order valence-corrected chi connectivity index (χ0v) is 18.2. The van der Waals surface area contributed by atoms with Crippen LogP contribution in [-0.2, 0) is 4.79 Å². The maximum Gasteiger partial charge on any atom is 0.284 e. The fourth-order valence-corrected chi connectivity index (χ4v) is 4.20. The molecule has 0 unspecified atom stereocenters. The van der Waals surface area contributed by atoms with E-state index in [1.807, 2.05) is 11.9 Å². The molecule has 0 radical (unpaired) electrons. The molecule has 174 valence electrons. The lowest BCUT2D eigenvalue weighted by molar-refractivity contribution is -0.384. The molecule has 1 fully saturated rings. The summed E-state index contributed by atoms with van der Waals surface area (Å²) in [6.45, 7) is 3.18. The van der Waals surface area contributed by atoms with Crippen LogP contribution >= 0.6 is 0 Å². The van der Waals surface area contributed by atoms with E-state index in [1.165, 1.54) is 29.2 Å². The Morgan fingerprint density at radius 3 is 2.53 bits per heavy atom. The van der Waals surface area contributed by atoms with Crippen molar-refractivity contribution in [3.05, 3.63) is 81.2 Å². The zero-order chi connectivity index (χ0) is 24.0. The molecule has 3 aliphatic rings. The van der Waals surface area contributed by atoms with Crippen LogP contribution in [0.5, 0.6) is 0 Å². The molecule has 0 atom stereocenters. The van der Waals surface area contributed by atoms with Gasteiger partial charge >= 0.3 is 0 Å². The molecule has 3 heterocycles. The second-order valence-corrected chi connectivity index (χ2v) is 8.27. The number of carbonyl (C=O) groups is 1. The lowest BCUT2D eigenvalue weighted by Crippen LogP contribution is -2.42. The van der Waals surface area contributed by atoms with Crippen LogP contribution in [0.4, 0.5) is 20.2 Å². The van der Waals surface area contributed by atoms with Crippen LogP contribution in [0.1, 0.15) is 11.1 Å². The van der Waals surface area contributed by atoms with Gasteiger partial charge in [-0.1, -0.05) is 0 Å². The number of aliphatic imine (C=N–C) groups is 2. The normalized spacial score (nSPS) is 19.5.